The Bertz CT molecular complexity index is 596. The summed E-state index contributed by atoms with van der Waals surface area (Å²) in [6, 6.07) is 3.77. The Kier molecular flexibility index (Phi) is 3.45. The summed E-state index contributed by atoms with van der Waals surface area (Å²) >= 11 is 1.42. The summed E-state index contributed by atoms with van der Waals surface area (Å²) in [5, 5.41) is 9.33. The highest BCUT2D eigenvalue weighted by atomic mass is 32.1. The van der Waals surface area contributed by atoms with Crippen molar-refractivity contribution in [2.45, 2.75) is 13.1 Å². The molecule has 0 saturated heterocycles. The summed E-state index contributed by atoms with van der Waals surface area (Å²) in [4.78, 5) is 0.873. The smallest absolute Gasteiger partial charge is 0.392 e. The number of fused-ring (bicyclic) bond motifs is 1. The van der Waals surface area contributed by atoms with Crippen molar-refractivity contribution in [3.05, 3.63) is 40.3 Å². The van der Waals surface area contributed by atoms with E-state index in [4.69, 9.17) is 5.11 Å². The van der Waals surface area contributed by atoms with Crippen LogP contribution in [0.4, 0.5) is 13.2 Å². The van der Waals surface area contributed by atoms with E-state index in [0.717, 1.165) is 21.2 Å². The first-order valence-electron chi connectivity index (χ1n) is 5.31. The van der Waals surface area contributed by atoms with Crippen LogP contribution in [-0.4, -0.2) is 11.7 Å². The number of thiophene rings is 1. The lowest BCUT2D eigenvalue weighted by Gasteiger charge is -2.06. The van der Waals surface area contributed by atoms with E-state index in [9.17, 15) is 13.2 Å². The van der Waals surface area contributed by atoms with Crippen molar-refractivity contribution in [1.82, 2.24) is 0 Å². The van der Waals surface area contributed by atoms with Gasteiger partial charge in [-0.15, -0.1) is 11.3 Å². The molecule has 0 spiro atoms. The second-order valence-electron chi connectivity index (χ2n) is 3.88. The van der Waals surface area contributed by atoms with E-state index in [1.165, 1.54) is 23.5 Å². The van der Waals surface area contributed by atoms with Crippen molar-refractivity contribution in [2.75, 3.05) is 6.61 Å². The van der Waals surface area contributed by atoms with E-state index in [1.807, 2.05) is 0 Å². The van der Waals surface area contributed by atoms with E-state index in [-0.39, 0.29) is 6.61 Å². The topological polar surface area (TPSA) is 20.2 Å². The summed E-state index contributed by atoms with van der Waals surface area (Å²) in [7, 11) is 0. The molecule has 2 rings (SSSR count). The van der Waals surface area contributed by atoms with E-state index in [2.05, 4.69) is 0 Å². The maximum atomic E-state index is 12.6. The lowest BCUT2D eigenvalue weighted by molar-refractivity contribution is -0.137. The molecule has 1 nitrogen and oxygen atoms in total. The van der Waals surface area contributed by atoms with Gasteiger partial charge in [0.25, 0.3) is 0 Å². The van der Waals surface area contributed by atoms with Crippen LogP contribution in [0.2, 0.25) is 0 Å². The molecule has 0 aliphatic carbocycles. The number of aliphatic hydroxyl groups is 1. The Morgan fingerprint density at radius 1 is 1.33 bits per heavy atom. The molecule has 0 amide bonds. The zero-order valence-corrected chi connectivity index (χ0v) is 10.4. The molecule has 1 aromatic carbocycles. The number of halogens is 3. The summed E-state index contributed by atoms with van der Waals surface area (Å²) in [5.41, 5.74) is 0.180. The first-order valence-corrected chi connectivity index (χ1v) is 6.13. The van der Waals surface area contributed by atoms with Crippen molar-refractivity contribution in [2.24, 2.45) is 0 Å². The second-order valence-corrected chi connectivity index (χ2v) is 4.97. The molecule has 0 aliphatic rings. The Labute approximate surface area is 106 Å². The normalized spacial score (nSPS) is 12.7. The lowest BCUT2D eigenvalue weighted by atomic mass is 10.1. The third-order valence-corrected chi connectivity index (χ3v) is 3.91. The molecule has 5 heteroatoms. The van der Waals surface area contributed by atoms with E-state index in [1.54, 1.807) is 19.1 Å². The standard InChI is InChI=1S/C13H11F3OS/c1-8-10-7-9(13(14,15)16)4-5-12(10)18-11(8)3-2-6-17/h2-5,7,17H,6H2,1H3. The molecular weight excluding hydrogens is 261 g/mol. The van der Waals surface area contributed by atoms with Crippen molar-refractivity contribution >= 4 is 27.5 Å². The SMILES string of the molecule is Cc1c(C=CCO)sc2ccc(C(F)(F)F)cc12. The van der Waals surface area contributed by atoms with Crippen molar-refractivity contribution in [3.63, 3.8) is 0 Å². The summed E-state index contributed by atoms with van der Waals surface area (Å²) in [6.07, 6.45) is -1.01. The monoisotopic (exact) mass is 272 g/mol. The highest BCUT2D eigenvalue weighted by molar-refractivity contribution is 7.20. The van der Waals surface area contributed by atoms with Gasteiger partial charge in [0, 0.05) is 9.58 Å². The third kappa shape index (κ3) is 2.42. The van der Waals surface area contributed by atoms with Gasteiger partial charge in [-0.25, -0.2) is 0 Å². The lowest BCUT2D eigenvalue weighted by Crippen LogP contribution is -2.03. The fourth-order valence-electron chi connectivity index (χ4n) is 1.73. The van der Waals surface area contributed by atoms with Crippen molar-refractivity contribution in [1.29, 1.82) is 0 Å². The molecule has 18 heavy (non-hydrogen) atoms. The number of alkyl halides is 3. The number of benzene rings is 1. The van der Waals surface area contributed by atoms with Crippen LogP contribution in [0.25, 0.3) is 16.2 Å². The second kappa shape index (κ2) is 4.74. The van der Waals surface area contributed by atoms with Gasteiger partial charge in [0.1, 0.15) is 0 Å². The zero-order chi connectivity index (χ0) is 13.3. The molecule has 0 fully saturated rings. The molecule has 1 aromatic heterocycles. The summed E-state index contributed by atoms with van der Waals surface area (Å²) in [5.74, 6) is 0. The number of aryl methyl sites for hydroxylation is 1. The number of hydrogen-bond acceptors (Lipinski definition) is 2. The zero-order valence-electron chi connectivity index (χ0n) is 9.58. The van der Waals surface area contributed by atoms with Crippen LogP contribution in [0.1, 0.15) is 16.0 Å². The first kappa shape index (κ1) is 13.1. The van der Waals surface area contributed by atoms with Crippen molar-refractivity contribution < 1.29 is 18.3 Å². The van der Waals surface area contributed by atoms with Crippen LogP contribution in [0.5, 0.6) is 0 Å². The van der Waals surface area contributed by atoms with Gasteiger partial charge in [-0.05, 0) is 42.1 Å². The van der Waals surface area contributed by atoms with Crippen LogP contribution in [0.3, 0.4) is 0 Å². The maximum absolute atomic E-state index is 12.6. The molecule has 0 atom stereocenters. The van der Waals surface area contributed by atoms with E-state index >= 15 is 0 Å². The molecule has 0 bridgehead atoms. The van der Waals surface area contributed by atoms with Gasteiger partial charge in [-0.3, -0.25) is 0 Å². The minimum atomic E-state index is -4.32. The average molecular weight is 272 g/mol. The molecule has 1 heterocycles. The molecule has 2 aromatic rings. The largest absolute Gasteiger partial charge is 0.416 e. The minimum absolute atomic E-state index is 0.0819. The Balaban J connectivity index is 2.57. The quantitative estimate of drug-likeness (QED) is 0.867. The van der Waals surface area contributed by atoms with Gasteiger partial charge < -0.3 is 5.11 Å². The molecule has 0 aliphatic heterocycles. The molecule has 0 saturated carbocycles. The van der Waals surface area contributed by atoms with Gasteiger partial charge in [0.15, 0.2) is 0 Å². The predicted molar refractivity (Wildman–Crippen MR) is 67.7 cm³/mol. The predicted octanol–water partition coefficient (Wildman–Crippen LogP) is 4.23. The van der Waals surface area contributed by atoms with Crippen molar-refractivity contribution in [3.8, 4) is 0 Å². The van der Waals surface area contributed by atoms with Gasteiger partial charge in [0.05, 0.1) is 12.2 Å². The van der Waals surface area contributed by atoms with Crippen LogP contribution < -0.4 is 0 Å². The van der Waals surface area contributed by atoms with E-state index < -0.39 is 11.7 Å². The van der Waals surface area contributed by atoms with Gasteiger partial charge in [-0.1, -0.05) is 6.08 Å². The van der Waals surface area contributed by atoms with E-state index in [0.29, 0.717) is 5.39 Å². The molecular formula is C13H11F3OS. The molecule has 0 radical (unpaired) electrons. The number of aliphatic hydroxyl groups excluding tert-OH is 1. The third-order valence-electron chi connectivity index (χ3n) is 2.68. The summed E-state index contributed by atoms with van der Waals surface area (Å²) in [6.45, 7) is 1.71. The van der Waals surface area contributed by atoms with Crippen LogP contribution in [0.15, 0.2) is 24.3 Å². The van der Waals surface area contributed by atoms with Crippen LogP contribution in [0, 0.1) is 6.92 Å². The highest BCUT2D eigenvalue weighted by Crippen LogP contribution is 2.36. The first-order chi connectivity index (χ1) is 8.43. The van der Waals surface area contributed by atoms with Gasteiger partial charge in [-0.2, -0.15) is 13.2 Å². The Morgan fingerprint density at radius 2 is 2.06 bits per heavy atom. The highest BCUT2D eigenvalue weighted by Gasteiger charge is 2.30. The average Bonchev–Trinajstić information content (AvgIpc) is 2.62. The number of rotatable bonds is 2. The summed E-state index contributed by atoms with van der Waals surface area (Å²) < 4.78 is 38.7. The van der Waals surface area contributed by atoms with Gasteiger partial charge in [0.2, 0.25) is 0 Å². The Morgan fingerprint density at radius 3 is 2.67 bits per heavy atom. The molecule has 96 valence electrons. The minimum Gasteiger partial charge on any atom is -0.392 e. The maximum Gasteiger partial charge on any atom is 0.416 e. The number of hydrogen-bond donors (Lipinski definition) is 1. The fourth-order valence-corrected chi connectivity index (χ4v) is 2.86. The van der Waals surface area contributed by atoms with Crippen LogP contribution in [-0.2, 0) is 6.18 Å². The Hall–Kier alpha value is -1.33. The van der Waals surface area contributed by atoms with Crippen LogP contribution >= 0.6 is 11.3 Å². The van der Waals surface area contributed by atoms with Gasteiger partial charge >= 0.3 is 6.18 Å². The fraction of sp³-hybridized carbons (Fsp3) is 0.231. The molecule has 0 unspecified atom stereocenters. The molecule has 1 N–H and O–H groups in total.